The predicted molar refractivity (Wildman–Crippen MR) is 137 cm³/mol. The van der Waals surface area contributed by atoms with Crippen LogP contribution in [0.15, 0.2) is 42.5 Å². The standard InChI is InChI=1S/C26H28ClO8.CH2N.Cs/c1-5-31-21-9-6-18(7-10-21)12-20-13-19(8-11-22(20)27)24-26(35-17(4)30)25(34-16(3)29)23(14-32-24)33-15(2)28;1-2;/h6-11,13-14,23-26H,5,12H2,1-4H3;1H2;/q2*-1;+1/t23-,24+,25+,26+;;/m1../s1. The van der Waals surface area contributed by atoms with Gasteiger partial charge in [-0.15, -0.1) is 0 Å². The number of esters is 3. The van der Waals surface area contributed by atoms with E-state index in [-0.39, 0.29) is 68.9 Å². The molecule has 0 saturated carbocycles. The Morgan fingerprint density at radius 3 is 2.08 bits per heavy atom. The second-order valence-corrected chi connectivity index (χ2v) is 8.43. The fourth-order valence-electron chi connectivity index (χ4n) is 3.87. The number of benzene rings is 2. The number of rotatable bonds is 8. The van der Waals surface area contributed by atoms with E-state index in [1.807, 2.05) is 37.3 Å². The van der Waals surface area contributed by atoms with Crippen LogP contribution in [-0.2, 0) is 39.8 Å². The van der Waals surface area contributed by atoms with Crippen molar-refractivity contribution in [2.75, 3.05) is 6.61 Å². The Bertz CT molecular complexity index is 1080. The molecule has 0 aliphatic carbocycles. The Balaban J connectivity index is 0.00000235. The van der Waals surface area contributed by atoms with E-state index in [4.69, 9.17) is 40.7 Å². The van der Waals surface area contributed by atoms with E-state index in [1.165, 1.54) is 27.4 Å². The summed E-state index contributed by atoms with van der Waals surface area (Å²) in [6, 6.07) is 13.0. The van der Waals surface area contributed by atoms with E-state index in [0.717, 1.165) is 16.9 Å². The Morgan fingerprint density at radius 1 is 0.947 bits per heavy atom. The van der Waals surface area contributed by atoms with Crippen molar-refractivity contribution in [2.45, 2.75) is 58.5 Å². The van der Waals surface area contributed by atoms with Crippen molar-refractivity contribution in [1.29, 1.82) is 0 Å². The molecule has 0 amide bonds. The first-order valence-electron chi connectivity index (χ1n) is 11.5. The van der Waals surface area contributed by atoms with Gasteiger partial charge < -0.3 is 29.1 Å². The molecular formula is C27H30ClCsNO8-. The minimum Gasteiger partial charge on any atom is -0.817 e. The summed E-state index contributed by atoms with van der Waals surface area (Å²) in [6.45, 7) is 9.71. The van der Waals surface area contributed by atoms with Gasteiger partial charge in [0.1, 0.15) is 5.75 Å². The molecule has 2 aromatic rings. The molecule has 1 heterocycles. The molecule has 200 valence electrons. The van der Waals surface area contributed by atoms with E-state index < -0.39 is 42.3 Å². The topological polar surface area (TPSA) is 120 Å². The summed E-state index contributed by atoms with van der Waals surface area (Å²) in [6.07, 6.45) is -3.49. The van der Waals surface area contributed by atoms with Crippen molar-refractivity contribution in [3.05, 3.63) is 76.2 Å². The summed E-state index contributed by atoms with van der Waals surface area (Å²) in [7, 11) is 0. The third-order valence-corrected chi connectivity index (χ3v) is 5.61. The molecular weight excluding hydrogens is 635 g/mol. The first kappa shape index (κ1) is 34.6. The van der Waals surface area contributed by atoms with Crippen molar-refractivity contribution in [3.8, 4) is 5.75 Å². The van der Waals surface area contributed by atoms with Crippen LogP contribution in [0.2, 0.25) is 5.02 Å². The molecule has 1 aliphatic heterocycles. The van der Waals surface area contributed by atoms with Crippen LogP contribution in [0, 0.1) is 6.61 Å². The number of ether oxygens (including phenoxy) is 5. The maximum atomic E-state index is 11.9. The quantitative estimate of drug-likeness (QED) is 0.181. The normalized spacial score (nSPS) is 20.0. The van der Waals surface area contributed by atoms with E-state index in [2.05, 4.69) is 6.72 Å². The average Bonchev–Trinajstić information content (AvgIpc) is 2.84. The van der Waals surface area contributed by atoms with Crippen LogP contribution in [0.3, 0.4) is 0 Å². The average molecular weight is 665 g/mol. The van der Waals surface area contributed by atoms with Gasteiger partial charge in [0.2, 0.25) is 0 Å². The third kappa shape index (κ3) is 10.3. The van der Waals surface area contributed by atoms with Crippen molar-refractivity contribution in [1.82, 2.24) is 0 Å². The van der Waals surface area contributed by atoms with Crippen LogP contribution in [0.5, 0.6) is 5.75 Å². The predicted octanol–water partition coefficient (Wildman–Crippen LogP) is 1.62. The number of hydrogen-bond donors (Lipinski definition) is 0. The maximum Gasteiger partial charge on any atom is 1.00 e. The van der Waals surface area contributed by atoms with E-state index in [0.29, 0.717) is 23.6 Å². The molecule has 2 aromatic carbocycles. The number of nitrogens with zero attached hydrogens (tertiary/aromatic N) is 1. The van der Waals surface area contributed by atoms with Gasteiger partial charge in [-0.3, -0.25) is 14.4 Å². The Hall–Kier alpha value is -1.38. The SMILES string of the molecule is C=[N-].CCOc1ccc(Cc2cc([C@@H]3O[CH-][C@@H](OC(C)=O)[C@H](OC(C)=O)[C@H]3OC(C)=O)ccc2Cl)cc1.[Cs+]. The van der Waals surface area contributed by atoms with Crippen molar-refractivity contribution in [3.63, 3.8) is 0 Å². The molecule has 0 unspecified atom stereocenters. The van der Waals surface area contributed by atoms with Gasteiger partial charge in [-0.2, -0.15) is 6.61 Å². The Morgan fingerprint density at radius 2 is 1.53 bits per heavy atom. The van der Waals surface area contributed by atoms with Gasteiger partial charge in [0.05, 0.1) is 12.7 Å². The molecule has 38 heavy (non-hydrogen) atoms. The van der Waals surface area contributed by atoms with Crippen LogP contribution in [0.4, 0.5) is 0 Å². The second kappa shape index (κ2) is 17.3. The molecule has 1 aliphatic rings. The van der Waals surface area contributed by atoms with Gasteiger partial charge >= 0.3 is 80.8 Å². The summed E-state index contributed by atoms with van der Waals surface area (Å²) in [5.74, 6) is -1.04. The molecule has 0 aromatic heterocycles. The van der Waals surface area contributed by atoms with E-state index in [9.17, 15) is 14.4 Å². The zero-order valence-electron chi connectivity index (χ0n) is 22.1. The Kier molecular flexibility index (Phi) is 15.8. The molecule has 9 nitrogen and oxygen atoms in total. The van der Waals surface area contributed by atoms with Crippen LogP contribution < -0.4 is 73.6 Å². The number of carbonyl (C=O) groups is 3. The van der Waals surface area contributed by atoms with E-state index >= 15 is 0 Å². The zero-order chi connectivity index (χ0) is 27.5. The van der Waals surface area contributed by atoms with Crippen molar-refractivity contribution < 1.29 is 107 Å². The zero-order valence-corrected chi connectivity index (χ0v) is 29.2. The van der Waals surface area contributed by atoms with Gasteiger partial charge in [0.25, 0.3) is 5.97 Å². The smallest absolute Gasteiger partial charge is 0.817 e. The largest absolute Gasteiger partial charge is 1.00 e. The fraction of sp³-hybridized carbons (Fsp3) is 0.370. The molecule has 1 saturated heterocycles. The van der Waals surface area contributed by atoms with Crippen molar-refractivity contribution >= 4 is 36.2 Å². The maximum absolute atomic E-state index is 11.9. The molecule has 0 radical (unpaired) electrons. The fourth-order valence-corrected chi connectivity index (χ4v) is 4.06. The molecule has 11 heteroatoms. The first-order chi connectivity index (χ1) is 17.7. The molecule has 1 fully saturated rings. The van der Waals surface area contributed by atoms with E-state index in [1.54, 1.807) is 12.1 Å². The number of carbonyl (C=O) groups excluding carboxylic acids is 3. The monoisotopic (exact) mass is 664 g/mol. The third-order valence-electron chi connectivity index (χ3n) is 5.24. The van der Waals surface area contributed by atoms with Gasteiger partial charge in [0.15, 0.2) is 12.2 Å². The summed E-state index contributed by atoms with van der Waals surface area (Å²) >= 11 is 6.48. The van der Waals surface area contributed by atoms with Crippen LogP contribution >= 0.6 is 11.6 Å². The van der Waals surface area contributed by atoms with Gasteiger partial charge in [-0.05, 0) is 48.2 Å². The number of halogens is 1. The van der Waals surface area contributed by atoms with Crippen LogP contribution in [0.25, 0.3) is 5.41 Å². The van der Waals surface area contributed by atoms with Gasteiger partial charge in [-0.25, -0.2) is 6.72 Å². The molecule has 3 rings (SSSR count). The molecule has 4 atom stereocenters. The number of hydrogen-bond acceptors (Lipinski definition) is 8. The molecule has 0 N–H and O–H groups in total. The van der Waals surface area contributed by atoms with Crippen LogP contribution in [-0.4, -0.2) is 49.5 Å². The van der Waals surface area contributed by atoms with Crippen LogP contribution in [0.1, 0.15) is 50.5 Å². The first-order valence-corrected chi connectivity index (χ1v) is 11.9. The summed E-state index contributed by atoms with van der Waals surface area (Å²) < 4.78 is 27.5. The second-order valence-electron chi connectivity index (χ2n) is 8.02. The summed E-state index contributed by atoms with van der Waals surface area (Å²) in [4.78, 5) is 35.3. The minimum atomic E-state index is -1.09. The Labute approximate surface area is 286 Å². The van der Waals surface area contributed by atoms with Gasteiger partial charge in [0, 0.05) is 31.9 Å². The van der Waals surface area contributed by atoms with Gasteiger partial charge in [-0.1, -0.05) is 35.9 Å². The summed E-state index contributed by atoms with van der Waals surface area (Å²) in [5, 5.41) is 7.31. The molecule has 0 spiro atoms. The summed E-state index contributed by atoms with van der Waals surface area (Å²) in [5.41, 5.74) is 2.49. The minimum absolute atomic E-state index is 0. The van der Waals surface area contributed by atoms with Crippen molar-refractivity contribution in [2.24, 2.45) is 0 Å². The molecule has 0 bridgehead atoms.